The van der Waals surface area contributed by atoms with E-state index in [-0.39, 0.29) is 5.91 Å². The number of benzene rings is 1. The van der Waals surface area contributed by atoms with Crippen LogP contribution >= 0.6 is 11.6 Å². The minimum absolute atomic E-state index is 0.129. The fourth-order valence-corrected chi connectivity index (χ4v) is 3.48. The van der Waals surface area contributed by atoms with Gasteiger partial charge >= 0.3 is 0 Å². The van der Waals surface area contributed by atoms with Crippen LogP contribution in [0.1, 0.15) is 28.0 Å². The van der Waals surface area contributed by atoms with Crippen LogP contribution in [0.4, 0.5) is 5.69 Å². The highest BCUT2D eigenvalue weighted by atomic mass is 35.5. The molecule has 0 fully saturated rings. The summed E-state index contributed by atoms with van der Waals surface area (Å²) in [5.74, 6) is 1.58. The highest BCUT2D eigenvalue weighted by Gasteiger charge is 2.38. The lowest BCUT2D eigenvalue weighted by molar-refractivity contribution is 0.0714. The number of rotatable bonds is 6. The van der Waals surface area contributed by atoms with Gasteiger partial charge in [0.2, 0.25) is 0 Å². The van der Waals surface area contributed by atoms with Gasteiger partial charge in [0.15, 0.2) is 0 Å². The minimum Gasteiger partial charge on any atom is -0.495 e. The quantitative estimate of drug-likeness (QED) is 0.672. The van der Waals surface area contributed by atoms with Crippen molar-refractivity contribution in [3.63, 3.8) is 0 Å². The number of hydrogen-bond acceptors (Lipinski definition) is 6. The van der Waals surface area contributed by atoms with Crippen molar-refractivity contribution in [1.82, 2.24) is 9.88 Å². The molecule has 144 valence electrons. The molecule has 1 aromatic carbocycles. The van der Waals surface area contributed by atoms with Crippen LogP contribution in [0.5, 0.6) is 11.5 Å². The first-order valence-electron chi connectivity index (χ1n) is 8.58. The molecule has 1 N–H and O–H groups in total. The SMILES string of the molecule is COc1cc(OC)c(NC2c3ncccc3C(=O)N2Cc2ccco2)cc1Cl. The monoisotopic (exact) mass is 399 g/mol. The Labute approximate surface area is 166 Å². The normalized spacial score (nSPS) is 15.5. The number of anilines is 1. The van der Waals surface area contributed by atoms with Crippen LogP contribution in [0.15, 0.2) is 53.3 Å². The molecule has 0 aliphatic carbocycles. The van der Waals surface area contributed by atoms with Gasteiger partial charge in [-0.3, -0.25) is 9.78 Å². The minimum atomic E-state index is -0.507. The number of amides is 1. The van der Waals surface area contributed by atoms with Gasteiger partial charge in [-0.2, -0.15) is 0 Å². The Kier molecular flexibility index (Phi) is 4.83. The molecule has 0 bridgehead atoms. The molecule has 1 aliphatic heterocycles. The topological polar surface area (TPSA) is 76.8 Å². The van der Waals surface area contributed by atoms with Gasteiger partial charge in [-0.15, -0.1) is 0 Å². The number of furan rings is 1. The maximum Gasteiger partial charge on any atom is 0.258 e. The highest BCUT2D eigenvalue weighted by Crippen LogP contribution is 2.40. The average molecular weight is 400 g/mol. The number of nitrogens with one attached hydrogen (secondary N) is 1. The van der Waals surface area contributed by atoms with Gasteiger partial charge < -0.3 is 24.1 Å². The first kappa shape index (κ1) is 18.2. The second kappa shape index (κ2) is 7.44. The molecule has 28 heavy (non-hydrogen) atoms. The molecule has 0 saturated carbocycles. The number of halogens is 1. The molecule has 0 saturated heterocycles. The summed E-state index contributed by atoms with van der Waals surface area (Å²) in [7, 11) is 3.09. The molecule has 3 heterocycles. The number of methoxy groups -OCH3 is 2. The predicted molar refractivity (Wildman–Crippen MR) is 104 cm³/mol. The fourth-order valence-electron chi connectivity index (χ4n) is 3.24. The van der Waals surface area contributed by atoms with Gasteiger partial charge in [-0.25, -0.2) is 0 Å². The van der Waals surface area contributed by atoms with Gasteiger partial charge in [-0.1, -0.05) is 11.6 Å². The van der Waals surface area contributed by atoms with E-state index in [1.807, 2.05) is 6.07 Å². The van der Waals surface area contributed by atoms with Crippen LogP contribution in [-0.4, -0.2) is 30.0 Å². The average Bonchev–Trinajstić information content (AvgIpc) is 3.31. The van der Waals surface area contributed by atoms with Crippen molar-refractivity contribution in [3.8, 4) is 11.5 Å². The van der Waals surface area contributed by atoms with E-state index in [2.05, 4.69) is 10.3 Å². The lowest BCUT2D eigenvalue weighted by Crippen LogP contribution is -2.32. The van der Waals surface area contributed by atoms with Crippen LogP contribution < -0.4 is 14.8 Å². The molecule has 7 nitrogen and oxygen atoms in total. The molecule has 1 unspecified atom stereocenters. The van der Waals surface area contributed by atoms with Crippen molar-refractivity contribution >= 4 is 23.2 Å². The summed E-state index contributed by atoms with van der Waals surface area (Å²) in [6, 6.07) is 10.5. The lowest BCUT2D eigenvalue weighted by Gasteiger charge is -2.26. The summed E-state index contributed by atoms with van der Waals surface area (Å²) in [4.78, 5) is 19.1. The molecule has 0 spiro atoms. The molecule has 1 atom stereocenters. The Balaban J connectivity index is 1.73. The smallest absolute Gasteiger partial charge is 0.258 e. The number of hydrogen-bond donors (Lipinski definition) is 1. The van der Waals surface area contributed by atoms with Crippen molar-refractivity contribution in [1.29, 1.82) is 0 Å². The second-order valence-electron chi connectivity index (χ2n) is 6.18. The van der Waals surface area contributed by atoms with Crippen molar-refractivity contribution in [2.24, 2.45) is 0 Å². The van der Waals surface area contributed by atoms with Gasteiger partial charge in [0.25, 0.3) is 5.91 Å². The molecule has 1 aliphatic rings. The van der Waals surface area contributed by atoms with Crippen molar-refractivity contribution in [3.05, 3.63) is 70.9 Å². The van der Waals surface area contributed by atoms with Gasteiger partial charge in [0.05, 0.1) is 49.0 Å². The predicted octanol–water partition coefficient (Wildman–Crippen LogP) is 4.11. The zero-order valence-electron chi connectivity index (χ0n) is 15.3. The summed E-state index contributed by atoms with van der Waals surface area (Å²) in [5, 5.41) is 3.76. The Morgan fingerprint density at radius 1 is 1.21 bits per heavy atom. The van der Waals surface area contributed by atoms with E-state index in [4.69, 9.17) is 25.5 Å². The molecule has 8 heteroatoms. The van der Waals surface area contributed by atoms with Gasteiger partial charge in [0, 0.05) is 12.3 Å². The lowest BCUT2D eigenvalue weighted by atomic mass is 10.2. The van der Waals surface area contributed by atoms with Crippen LogP contribution in [0.3, 0.4) is 0 Å². The third kappa shape index (κ3) is 3.14. The molecule has 1 amide bonds. The first-order chi connectivity index (χ1) is 13.6. The van der Waals surface area contributed by atoms with Crippen LogP contribution in [0, 0.1) is 0 Å². The number of aromatic nitrogens is 1. The van der Waals surface area contributed by atoms with E-state index in [1.165, 1.54) is 7.11 Å². The summed E-state index contributed by atoms with van der Waals surface area (Å²) >= 11 is 6.29. The Hall–Kier alpha value is -3.19. The summed E-state index contributed by atoms with van der Waals surface area (Å²) in [5.41, 5.74) is 1.80. The second-order valence-corrected chi connectivity index (χ2v) is 6.59. The summed E-state index contributed by atoms with van der Waals surface area (Å²) < 4.78 is 16.1. The van der Waals surface area contributed by atoms with Crippen LogP contribution in [0.25, 0.3) is 0 Å². The van der Waals surface area contributed by atoms with Gasteiger partial charge in [-0.05, 0) is 30.3 Å². The summed E-state index contributed by atoms with van der Waals surface area (Å²) in [6.07, 6.45) is 2.73. The number of ether oxygens (including phenoxy) is 2. The number of carbonyl (C=O) groups is 1. The van der Waals surface area contributed by atoms with Crippen LogP contribution in [-0.2, 0) is 6.54 Å². The summed E-state index contributed by atoms with van der Waals surface area (Å²) in [6.45, 7) is 0.298. The van der Waals surface area contributed by atoms with Crippen molar-refractivity contribution in [2.45, 2.75) is 12.7 Å². The zero-order chi connectivity index (χ0) is 19.7. The largest absolute Gasteiger partial charge is 0.495 e. The molecular weight excluding hydrogens is 382 g/mol. The maximum absolute atomic E-state index is 13.0. The molecule has 3 aromatic rings. The van der Waals surface area contributed by atoms with Gasteiger partial charge in [0.1, 0.15) is 23.4 Å². The molecular formula is C20H18ClN3O4. The maximum atomic E-state index is 13.0. The Bertz CT molecular complexity index is 1010. The number of nitrogens with zero attached hydrogens (tertiary/aromatic N) is 2. The van der Waals surface area contributed by atoms with E-state index in [1.54, 1.807) is 54.8 Å². The first-order valence-corrected chi connectivity index (χ1v) is 8.96. The van der Waals surface area contributed by atoms with Crippen LogP contribution in [0.2, 0.25) is 5.02 Å². The number of fused-ring (bicyclic) bond motifs is 1. The third-order valence-electron chi connectivity index (χ3n) is 4.57. The Morgan fingerprint density at radius 3 is 2.75 bits per heavy atom. The van der Waals surface area contributed by atoms with E-state index in [9.17, 15) is 4.79 Å². The molecule has 0 radical (unpaired) electrons. The highest BCUT2D eigenvalue weighted by molar-refractivity contribution is 6.32. The zero-order valence-corrected chi connectivity index (χ0v) is 16.1. The van der Waals surface area contributed by atoms with Crippen molar-refractivity contribution < 1.29 is 18.7 Å². The van der Waals surface area contributed by atoms with E-state index >= 15 is 0 Å². The van der Waals surface area contributed by atoms with Crippen molar-refractivity contribution in [2.75, 3.05) is 19.5 Å². The van der Waals surface area contributed by atoms with E-state index in [0.29, 0.717) is 45.8 Å². The fraction of sp³-hybridized carbons (Fsp3) is 0.200. The van der Waals surface area contributed by atoms with E-state index in [0.717, 1.165) is 0 Å². The third-order valence-corrected chi connectivity index (χ3v) is 4.87. The number of pyridine rings is 1. The standard InChI is InChI=1S/C20H18ClN3O4/c1-26-16-10-17(27-2)15(9-14(16)21)23-19-18-13(6-3-7-22-18)20(25)24(19)11-12-5-4-8-28-12/h3-10,19,23H,11H2,1-2H3. The molecule has 2 aromatic heterocycles. The van der Waals surface area contributed by atoms with E-state index < -0.39 is 6.17 Å². The Morgan fingerprint density at radius 2 is 2.04 bits per heavy atom. The number of carbonyl (C=O) groups excluding carboxylic acids is 1. The molecule has 4 rings (SSSR count).